The largest absolute Gasteiger partial charge is 0.335 e. The standard InChI is InChI=1S/C13H25N3/c1-3-8-14-9-6-5-7-13-15-10-12-16(13)11-4-2/h10,12,14H,3-9,11H2,1-2H3. The molecule has 0 atom stereocenters. The van der Waals surface area contributed by atoms with E-state index >= 15 is 0 Å². The summed E-state index contributed by atoms with van der Waals surface area (Å²) in [7, 11) is 0. The zero-order valence-corrected chi connectivity index (χ0v) is 10.7. The molecular formula is C13H25N3. The van der Waals surface area contributed by atoms with Crippen LogP contribution in [0.15, 0.2) is 12.4 Å². The van der Waals surface area contributed by atoms with Crippen molar-refractivity contribution >= 4 is 0 Å². The van der Waals surface area contributed by atoms with E-state index < -0.39 is 0 Å². The third-order valence-electron chi connectivity index (χ3n) is 2.70. The minimum atomic E-state index is 1.10. The second-order valence-electron chi connectivity index (χ2n) is 4.24. The molecule has 0 radical (unpaired) electrons. The molecule has 0 aliphatic heterocycles. The number of unbranched alkanes of at least 4 members (excludes halogenated alkanes) is 1. The maximum absolute atomic E-state index is 4.41. The summed E-state index contributed by atoms with van der Waals surface area (Å²) in [6.07, 6.45) is 10.0. The third-order valence-corrected chi connectivity index (χ3v) is 2.70. The van der Waals surface area contributed by atoms with Gasteiger partial charge in [0, 0.05) is 25.4 Å². The Morgan fingerprint density at radius 2 is 2.06 bits per heavy atom. The van der Waals surface area contributed by atoms with Crippen molar-refractivity contribution in [3.05, 3.63) is 18.2 Å². The molecule has 3 nitrogen and oxygen atoms in total. The molecule has 1 heterocycles. The Labute approximate surface area is 99.3 Å². The van der Waals surface area contributed by atoms with Crippen LogP contribution in [0.5, 0.6) is 0 Å². The van der Waals surface area contributed by atoms with Gasteiger partial charge in [0.1, 0.15) is 5.82 Å². The number of aromatic nitrogens is 2. The normalized spacial score (nSPS) is 10.9. The van der Waals surface area contributed by atoms with Crippen molar-refractivity contribution in [2.75, 3.05) is 13.1 Å². The highest BCUT2D eigenvalue weighted by atomic mass is 15.1. The highest BCUT2D eigenvalue weighted by Gasteiger charge is 2.00. The smallest absolute Gasteiger partial charge is 0.108 e. The van der Waals surface area contributed by atoms with Crippen molar-refractivity contribution in [3.8, 4) is 0 Å². The molecule has 0 aromatic carbocycles. The van der Waals surface area contributed by atoms with Gasteiger partial charge in [0.05, 0.1) is 0 Å². The molecule has 1 N–H and O–H groups in total. The minimum absolute atomic E-state index is 1.10. The lowest BCUT2D eigenvalue weighted by Crippen LogP contribution is -2.16. The van der Waals surface area contributed by atoms with Gasteiger partial charge >= 0.3 is 0 Å². The van der Waals surface area contributed by atoms with Crippen molar-refractivity contribution in [2.45, 2.75) is 52.5 Å². The molecule has 1 aromatic rings. The number of rotatable bonds is 9. The second-order valence-corrected chi connectivity index (χ2v) is 4.24. The molecule has 0 bridgehead atoms. The van der Waals surface area contributed by atoms with Crippen molar-refractivity contribution in [2.24, 2.45) is 0 Å². The van der Waals surface area contributed by atoms with Gasteiger partial charge in [0.2, 0.25) is 0 Å². The second kappa shape index (κ2) is 8.34. The van der Waals surface area contributed by atoms with Gasteiger partial charge in [0.15, 0.2) is 0 Å². The fourth-order valence-electron chi connectivity index (χ4n) is 1.85. The SMILES string of the molecule is CCCNCCCCc1nccn1CCC. The lowest BCUT2D eigenvalue weighted by atomic mass is 10.2. The average Bonchev–Trinajstić information content (AvgIpc) is 2.72. The fourth-order valence-corrected chi connectivity index (χ4v) is 1.85. The topological polar surface area (TPSA) is 29.9 Å². The van der Waals surface area contributed by atoms with Gasteiger partial charge in [-0.25, -0.2) is 4.98 Å². The van der Waals surface area contributed by atoms with Gasteiger partial charge < -0.3 is 9.88 Å². The van der Waals surface area contributed by atoms with Crippen molar-refractivity contribution in [1.82, 2.24) is 14.9 Å². The molecule has 3 heteroatoms. The van der Waals surface area contributed by atoms with Gasteiger partial charge in [-0.3, -0.25) is 0 Å². The molecule has 0 saturated carbocycles. The van der Waals surface area contributed by atoms with Crippen LogP contribution < -0.4 is 5.32 Å². The Bertz CT molecular complexity index is 268. The molecular weight excluding hydrogens is 198 g/mol. The summed E-state index contributed by atoms with van der Waals surface area (Å²) >= 11 is 0. The number of aryl methyl sites for hydroxylation is 2. The summed E-state index contributed by atoms with van der Waals surface area (Å²) in [6, 6.07) is 0. The lowest BCUT2D eigenvalue weighted by molar-refractivity contribution is 0.585. The molecule has 16 heavy (non-hydrogen) atoms. The quantitative estimate of drug-likeness (QED) is 0.652. The van der Waals surface area contributed by atoms with Crippen LogP contribution >= 0.6 is 0 Å². The first-order chi connectivity index (χ1) is 7.88. The molecule has 1 rings (SSSR count). The summed E-state index contributed by atoms with van der Waals surface area (Å²) < 4.78 is 2.28. The van der Waals surface area contributed by atoms with Gasteiger partial charge in [0.25, 0.3) is 0 Å². The number of hydrogen-bond acceptors (Lipinski definition) is 2. The van der Waals surface area contributed by atoms with Gasteiger partial charge in [-0.15, -0.1) is 0 Å². The number of imidazole rings is 1. The van der Waals surface area contributed by atoms with E-state index in [0.29, 0.717) is 0 Å². The van der Waals surface area contributed by atoms with Crippen LogP contribution in [0.2, 0.25) is 0 Å². The van der Waals surface area contributed by atoms with E-state index in [1.54, 1.807) is 0 Å². The summed E-state index contributed by atoms with van der Waals surface area (Å²) in [4.78, 5) is 4.41. The van der Waals surface area contributed by atoms with E-state index in [9.17, 15) is 0 Å². The van der Waals surface area contributed by atoms with E-state index in [2.05, 4.69) is 34.9 Å². The third kappa shape index (κ3) is 4.79. The molecule has 1 aromatic heterocycles. The Morgan fingerprint density at radius 3 is 2.81 bits per heavy atom. The molecule has 92 valence electrons. The summed E-state index contributed by atoms with van der Waals surface area (Å²) in [5, 5.41) is 3.43. The van der Waals surface area contributed by atoms with E-state index in [0.717, 1.165) is 26.1 Å². The van der Waals surface area contributed by atoms with Crippen LogP contribution in [-0.4, -0.2) is 22.6 Å². The fraction of sp³-hybridized carbons (Fsp3) is 0.769. The van der Waals surface area contributed by atoms with Gasteiger partial charge in [-0.2, -0.15) is 0 Å². The zero-order valence-electron chi connectivity index (χ0n) is 10.7. The highest BCUT2D eigenvalue weighted by molar-refractivity contribution is 4.92. The average molecular weight is 223 g/mol. The molecule has 0 saturated heterocycles. The predicted molar refractivity (Wildman–Crippen MR) is 68.6 cm³/mol. The number of hydrogen-bond donors (Lipinski definition) is 1. The van der Waals surface area contributed by atoms with Crippen LogP contribution in [-0.2, 0) is 13.0 Å². The lowest BCUT2D eigenvalue weighted by Gasteiger charge is -2.06. The highest BCUT2D eigenvalue weighted by Crippen LogP contribution is 2.04. The number of nitrogens with one attached hydrogen (secondary N) is 1. The van der Waals surface area contributed by atoms with Crippen molar-refractivity contribution in [1.29, 1.82) is 0 Å². The summed E-state index contributed by atoms with van der Waals surface area (Å²) in [5.74, 6) is 1.25. The monoisotopic (exact) mass is 223 g/mol. The molecule has 0 unspecified atom stereocenters. The van der Waals surface area contributed by atoms with Crippen LogP contribution in [0.3, 0.4) is 0 Å². The van der Waals surface area contributed by atoms with Gasteiger partial charge in [-0.1, -0.05) is 13.8 Å². The molecule has 0 fully saturated rings. The van der Waals surface area contributed by atoms with E-state index in [1.165, 1.54) is 31.5 Å². The van der Waals surface area contributed by atoms with Crippen LogP contribution in [0.1, 0.15) is 45.4 Å². The Balaban J connectivity index is 2.13. The van der Waals surface area contributed by atoms with E-state index in [4.69, 9.17) is 0 Å². The molecule has 0 aliphatic rings. The van der Waals surface area contributed by atoms with Crippen molar-refractivity contribution in [3.63, 3.8) is 0 Å². The summed E-state index contributed by atoms with van der Waals surface area (Å²) in [5.41, 5.74) is 0. The number of nitrogens with zero attached hydrogens (tertiary/aromatic N) is 2. The van der Waals surface area contributed by atoms with Gasteiger partial charge in [-0.05, 0) is 38.8 Å². The molecule has 0 amide bonds. The maximum atomic E-state index is 4.41. The zero-order chi connectivity index (χ0) is 11.6. The van der Waals surface area contributed by atoms with Crippen LogP contribution in [0.25, 0.3) is 0 Å². The van der Waals surface area contributed by atoms with E-state index in [1.807, 2.05) is 6.20 Å². The van der Waals surface area contributed by atoms with Crippen LogP contribution in [0.4, 0.5) is 0 Å². The van der Waals surface area contributed by atoms with E-state index in [-0.39, 0.29) is 0 Å². The van der Waals surface area contributed by atoms with Crippen molar-refractivity contribution < 1.29 is 0 Å². The Hall–Kier alpha value is -0.830. The first-order valence-corrected chi connectivity index (χ1v) is 6.59. The molecule has 0 aliphatic carbocycles. The Morgan fingerprint density at radius 1 is 1.19 bits per heavy atom. The predicted octanol–water partition coefficient (Wildman–Crippen LogP) is 2.62. The maximum Gasteiger partial charge on any atom is 0.108 e. The van der Waals surface area contributed by atoms with Crippen LogP contribution in [0, 0.1) is 0 Å². The first-order valence-electron chi connectivity index (χ1n) is 6.59. The molecule has 0 spiro atoms. The first kappa shape index (κ1) is 13.2. The minimum Gasteiger partial charge on any atom is -0.335 e. The summed E-state index contributed by atoms with van der Waals surface area (Å²) in [6.45, 7) is 7.79. The Kier molecular flexibility index (Phi) is 6.90.